The van der Waals surface area contributed by atoms with Gasteiger partial charge in [-0.15, -0.1) is 0 Å². The summed E-state index contributed by atoms with van der Waals surface area (Å²) in [6, 6.07) is 7.67. The molecule has 192 valence electrons. The number of carbonyl (C=O) groups excluding carboxylic acids is 3. The summed E-state index contributed by atoms with van der Waals surface area (Å²) in [5.74, 6) is -0.907. The zero-order chi connectivity index (χ0) is 24.9. The first kappa shape index (κ1) is 25.4. The van der Waals surface area contributed by atoms with E-state index < -0.39 is 24.0 Å². The molecule has 0 saturated carbocycles. The number of piperidine rings is 2. The van der Waals surface area contributed by atoms with Crippen molar-refractivity contribution >= 4 is 17.9 Å². The van der Waals surface area contributed by atoms with Crippen LogP contribution in [0.25, 0.3) is 0 Å². The molecule has 3 atom stereocenters. The van der Waals surface area contributed by atoms with Gasteiger partial charge in [-0.25, -0.2) is 10.3 Å². The molecule has 2 N–H and O–H groups in total. The van der Waals surface area contributed by atoms with Crippen LogP contribution in [0.1, 0.15) is 68.9 Å². The van der Waals surface area contributed by atoms with Crippen LogP contribution >= 0.6 is 0 Å². The van der Waals surface area contributed by atoms with Gasteiger partial charge in [0.25, 0.3) is 0 Å². The summed E-state index contributed by atoms with van der Waals surface area (Å²) in [6.07, 6.45) is 2.27. The summed E-state index contributed by atoms with van der Waals surface area (Å²) in [5.41, 5.74) is 4.29. The second-order valence-electron chi connectivity index (χ2n) is 10.2. The second-order valence-corrected chi connectivity index (χ2v) is 10.2. The van der Waals surface area contributed by atoms with Gasteiger partial charge in [-0.1, -0.05) is 38.1 Å². The molecule has 0 aliphatic carbocycles. The van der Waals surface area contributed by atoms with Gasteiger partial charge in [0, 0.05) is 26.1 Å². The van der Waals surface area contributed by atoms with Crippen LogP contribution in [-0.2, 0) is 19.1 Å². The predicted molar refractivity (Wildman–Crippen MR) is 128 cm³/mol. The molecule has 9 nitrogen and oxygen atoms in total. The molecule has 1 aromatic carbocycles. The van der Waals surface area contributed by atoms with Crippen molar-refractivity contribution in [3.63, 3.8) is 0 Å². The Hall–Kier alpha value is -2.65. The van der Waals surface area contributed by atoms with Crippen LogP contribution in [0.5, 0.6) is 0 Å². The van der Waals surface area contributed by atoms with E-state index in [0.717, 1.165) is 12.8 Å². The summed E-state index contributed by atoms with van der Waals surface area (Å²) in [4.78, 5) is 42.3. The van der Waals surface area contributed by atoms with Crippen LogP contribution in [0, 0.1) is 5.92 Å². The highest BCUT2D eigenvalue weighted by Gasteiger charge is 2.46. The second kappa shape index (κ2) is 11.4. The van der Waals surface area contributed by atoms with Crippen molar-refractivity contribution in [2.45, 2.75) is 69.9 Å². The van der Waals surface area contributed by atoms with Crippen molar-refractivity contribution < 1.29 is 29.1 Å². The number of rotatable bonds is 5. The number of nitrogens with one attached hydrogen (secondary N) is 1. The number of benzene rings is 1. The molecule has 0 aromatic heterocycles. The summed E-state index contributed by atoms with van der Waals surface area (Å²) in [5, 5.41) is 9.30. The Morgan fingerprint density at radius 3 is 2.54 bits per heavy atom. The van der Waals surface area contributed by atoms with Crippen LogP contribution < -0.4 is 5.48 Å². The number of hydrogen-bond donors (Lipinski definition) is 2. The van der Waals surface area contributed by atoms with Gasteiger partial charge in [0.1, 0.15) is 12.1 Å². The van der Waals surface area contributed by atoms with Gasteiger partial charge in [-0.05, 0) is 48.6 Å². The number of nitrogens with zero attached hydrogens (tertiary/aromatic N) is 2. The van der Waals surface area contributed by atoms with E-state index in [4.69, 9.17) is 9.47 Å². The molecule has 9 heteroatoms. The average Bonchev–Trinajstić information content (AvgIpc) is 3.40. The van der Waals surface area contributed by atoms with Gasteiger partial charge in [0.15, 0.2) is 0 Å². The molecular formula is C26H37N3O6. The zero-order valence-corrected chi connectivity index (χ0v) is 20.7. The fourth-order valence-corrected chi connectivity index (χ4v) is 5.47. The standard InChI is InChI=1S/C26H37N3O6/c1-17(2)19-5-3-6-20(15-19)18-8-12-28(13-9-18)25(31)23-22(24(30)27-33)7-4-11-29(23)26(32)35-21-10-14-34-16-21/h3,5-6,15,17-18,21-23,33H,4,7-14,16H2,1-2H3,(H,27,30)/t21-,22+,23+/m1/s1. The van der Waals surface area contributed by atoms with E-state index in [1.807, 2.05) is 0 Å². The van der Waals surface area contributed by atoms with Gasteiger partial charge in [0.05, 0.1) is 19.1 Å². The lowest BCUT2D eigenvalue weighted by Crippen LogP contribution is -2.60. The lowest BCUT2D eigenvalue weighted by molar-refractivity contribution is -0.149. The lowest BCUT2D eigenvalue weighted by atomic mass is 9.85. The Morgan fingerprint density at radius 2 is 1.89 bits per heavy atom. The Balaban J connectivity index is 1.46. The summed E-state index contributed by atoms with van der Waals surface area (Å²) in [6.45, 7) is 6.67. The van der Waals surface area contributed by atoms with Crippen molar-refractivity contribution in [2.24, 2.45) is 5.92 Å². The fraction of sp³-hybridized carbons (Fsp3) is 0.654. The molecule has 0 radical (unpaired) electrons. The van der Waals surface area contributed by atoms with Crippen molar-refractivity contribution in [2.75, 3.05) is 32.8 Å². The third-order valence-electron chi connectivity index (χ3n) is 7.58. The van der Waals surface area contributed by atoms with Crippen molar-refractivity contribution in [3.8, 4) is 0 Å². The predicted octanol–water partition coefficient (Wildman–Crippen LogP) is 3.03. The number of carbonyl (C=O) groups is 3. The van der Waals surface area contributed by atoms with Gasteiger partial charge in [-0.2, -0.15) is 0 Å². The Kier molecular flexibility index (Phi) is 8.28. The van der Waals surface area contributed by atoms with Crippen LogP contribution in [0.3, 0.4) is 0 Å². The molecule has 3 aliphatic rings. The van der Waals surface area contributed by atoms with Gasteiger partial charge in [0.2, 0.25) is 11.8 Å². The lowest BCUT2D eigenvalue weighted by Gasteiger charge is -2.42. The molecule has 3 fully saturated rings. The normalized spacial score (nSPS) is 25.5. The van der Waals surface area contributed by atoms with Crippen LogP contribution in [0.15, 0.2) is 24.3 Å². The summed E-state index contributed by atoms with van der Waals surface area (Å²) < 4.78 is 10.9. The topological polar surface area (TPSA) is 108 Å². The molecule has 3 aliphatic heterocycles. The molecule has 4 rings (SSSR count). The molecule has 1 aromatic rings. The molecule has 0 spiro atoms. The quantitative estimate of drug-likeness (QED) is 0.488. The average molecular weight is 488 g/mol. The summed E-state index contributed by atoms with van der Waals surface area (Å²) in [7, 11) is 0. The number of hydrogen-bond acceptors (Lipinski definition) is 6. The molecule has 35 heavy (non-hydrogen) atoms. The van der Waals surface area contributed by atoms with E-state index in [9.17, 15) is 19.6 Å². The maximum absolute atomic E-state index is 13.7. The minimum absolute atomic E-state index is 0.257. The monoisotopic (exact) mass is 487 g/mol. The highest BCUT2D eigenvalue weighted by molar-refractivity contribution is 5.92. The van der Waals surface area contributed by atoms with Crippen molar-refractivity contribution in [1.29, 1.82) is 0 Å². The maximum Gasteiger partial charge on any atom is 0.410 e. The van der Waals surface area contributed by atoms with Crippen LogP contribution in [0.2, 0.25) is 0 Å². The number of ether oxygens (including phenoxy) is 2. The first-order chi connectivity index (χ1) is 16.9. The summed E-state index contributed by atoms with van der Waals surface area (Å²) >= 11 is 0. The number of hydroxylamine groups is 1. The minimum Gasteiger partial charge on any atom is -0.444 e. The van der Waals surface area contributed by atoms with Gasteiger partial charge in [-0.3, -0.25) is 19.7 Å². The Labute approximate surface area is 206 Å². The van der Waals surface area contributed by atoms with E-state index in [0.29, 0.717) is 63.9 Å². The molecule has 0 bridgehead atoms. The molecule has 3 amide bonds. The largest absolute Gasteiger partial charge is 0.444 e. The van der Waals surface area contributed by atoms with Gasteiger partial charge >= 0.3 is 6.09 Å². The molecule has 0 unspecified atom stereocenters. The number of likely N-dealkylation sites (tertiary alicyclic amines) is 2. The minimum atomic E-state index is -0.994. The molecular weight excluding hydrogens is 450 g/mol. The first-order valence-corrected chi connectivity index (χ1v) is 12.8. The molecule has 3 saturated heterocycles. The smallest absolute Gasteiger partial charge is 0.410 e. The van der Waals surface area contributed by atoms with Crippen LogP contribution in [0.4, 0.5) is 4.79 Å². The SMILES string of the molecule is CC(C)c1cccc(C2CCN(C(=O)[C@@H]3[C@@H](C(=O)NO)CCCN3C(=O)O[C@@H]3CCOC3)CC2)c1. The van der Waals surface area contributed by atoms with Crippen LogP contribution in [-0.4, -0.2) is 77.9 Å². The highest BCUT2D eigenvalue weighted by Crippen LogP contribution is 2.32. The van der Waals surface area contributed by atoms with E-state index in [-0.39, 0.29) is 12.0 Å². The third-order valence-corrected chi connectivity index (χ3v) is 7.58. The highest BCUT2D eigenvalue weighted by atomic mass is 16.6. The third kappa shape index (κ3) is 5.78. The molecule has 3 heterocycles. The van der Waals surface area contributed by atoms with E-state index in [1.54, 1.807) is 10.4 Å². The maximum atomic E-state index is 13.7. The zero-order valence-electron chi connectivity index (χ0n) is 20.7. The Bertz CT molecular complexity index is 908. The fourth-order valence-electron chi connectivity index (χ4n) is 5.47. The number of amides is 3. The van der Waals surface area contributed by atoms with Crippen molar-refractivity contribution in [1.82, 2.24) is 15.3 Å². The van der Waals surface area contributed by atoms with E-state index >= 15 is 0 Å². The van der Waals surface area contributed by atoms with Crippen molar-refractivity contribution in [3.05, 3.63) is 35.4 Å². The van der Waals surface area contributed by atoms with Gasteiger partial charge < -0.3 is 14.4 Å². The van der Waals surface area contributed by atoms with E-state index in [1.165, 1.54) is 16.0 Å². The first-order valence-electron chi connectivity index (χ1n) is 12.8. The van der Waals surface area contributed by atoms with E-state index in [2.05, 4.69) is 38.1 Å². The Morgan fingerprint density at radius 1 is 1.11 bits per heavy atom.